The molecule has 4 aromatic rings. The van der Waals surface area contributed by atoms with Gasteiger partial charge in [0.05, 0.1) is 18.8 Å². The molecule has 0 aromatic heterocycles. The number of carbonyl (C=O) groups is 2. The van der Waals surface area contributed by atoms with Gasteiger partial charge in [-0.15, -0.1) is 0 Å². The van der Waals surface area contributed by atoms with Crippen LogP contribution in [0.1, 0.15) is 85.5 Å². The van der Waals surface area contributed by atoms with Gasteiger partial charge in [-0.1, -0.05) is 67.6 Å². The Morgan fingerprint density at radius 2 is 1.47 bits per heavy atom. The van der Waals surface area contributed by atoms with E-state index in [4.69, 9.17) is 14.2 Å². The van der Waals surface area contributed by atoms with E-state index >= 15 is 0 Å². The molecule has 2 aliphatic rings. The summed E-state index contributed by atoms with van der Waals surface area (Å²) in [5, 5.41) is 11.9. The number of halogens is 5. The van der Waals surface area contributed by atoms with Crippen LogP contribution in [0.2, 0.25) is 0 Å². The number of aliphatic hydroxyl groups excluding tert-OH is 1. The van der Waals surface area contributed by atoms with Crippen LogP contribution >= 0.6 is 0 Å². The Hall–Kier alpha value is -4.69. The van der Waals surface area contributed by atoms with Crippen molar-refractivity contribution < 1.29 is 50.9 Å². The fourth-order valence-electron chi connectivity index (χ4n) is 7.04. The van der Waals surface area contributed by atoms with Crippen LogP contribution in [0.25, 0.3) is 11.1 Å². The molecule has 1 amide bonds. The summed E-state index contributed by atoms with van der Waals surface area (Å²) in [6, 6.07) is 21.5. The molecule has 2 fully saturated rings. The lowest BCUT2D eigenvalue weighted by molar-refractivity contribution is -0.276. The first-order valence-electron chi connectivity index (χ1n) is 18.1. The highest BCUT2D eigenvalue weighted by Crippen LogP contribution is 2.43. The Kier molecular flexibility index (Phi) is 12.1. The van der Waals surface area contributed by atoms with Gasteiger partial charge in [0.2, 0.25) is 5.82 Å². The lowest BCUT2D eigenvalue weighted by atomic mass is 9.89. The van der Waals surface area contributed by atoms with E-state index in [0.29, 0.717) is 36.2 Å². The van der Waals surface area contributed by atoms with Gasteiger partial charge in [-0.25, -0.2) is 22.0 Å². The third-order valence-electron chi connectivity index (χ3n) is 9.89. The largest absolute Gasteiger partial charge is 0.459 e. The van der Waals surface area contributed by atoms with Gasteiger partial charge in [0.15, 0.2) is 29.6 Å². The minimum Gasteiger partial charge on any atom is -0.459 e. The minimum atomic E-state index is -2.35. The predicted octanol–water partition coefficient (Wildman–Crippen LogP) is 8.07. The molecular formula is C42H43F5N2O6. The van der Waals surface area contributed by atoms with Crippen LogP contribution in [0, 0.1) is 35.0 Å². The molecule has 0 unspecified atom stereocenters. The Balaban J connectivity index is 1.23. The predicted molar refractivity (Wildman–Crippen MR) is 193 cm³/mol. The van der Waals surface area contributed by atoms with E-state index < -0.39 is 64.6 Å². The summed E-state index contributed by atoms with van der Waals surface area (Å²) in [5.74, 6) is -13.0. The maximum absolute atomic E-state index is 14.2. The van der Waals surface area contributed by atoms with Crippen molar-refractivity contribution in [3.8, 4) is 11.1 Å². The molecule has 0 saturated carbocycles. The molecule has 5 atom stereocenters. The van der Waals surface area contributed by atoms with E-state index in [1.54, 1.807) is 18.2 Å². The summed E-state index contributed by atoms with van der Waals surface area (Å²) < 4.78 is 88.5. The molecule has 13 heteroatoms. The van der Waals surface area contributed by atoms with Crippen molar-refractivity contribution in [3.63, 3.8) is 0 Å². The second-order valence-electron chi connectivity index (χ2n) is 15.0. The van der Waals surface area contributed by atoms with Gasteiger partial charge in [0.25, 0.3) is 5.91 Å². The SMILES string of the molecule is C[C@H]1[C@@H](CN2CCC[C@H]2C(=O)OC(C)(C)C)O[C@@H](c2cccc(-c3cccc(CNC(=O)c4c(F)c(F)c(F)c(F)c4F)c3)c2)O[C@H]1c1ccc(CO)cc1. The van der Waals surface area contributed by atoms with Gasteiger partial charge in [-0.3, -0.25) is 14.5 Å². The van der Waals surface area contributed by atoms with Gasteiger partial charge in [-0.2, -0.15) is 0 Å². The topological polar surface area (TPSA) is 97.3 Å². The fraction of sp³-hybridized carbons (Fsp3) is 0.381. The monoisotopic (exact) mass is 766 g/mol. The molecule has 6 rings (SSSR count). The van der Waals surface area contributed by atoms with Crippen LogP contribution < -0.4 is 5.32 Å². The van der Waals surface area contributed by atoms with Gasteiger partial charge in [0, 0.05) is 24.6 Å². The number of nitrogens with one attached hydrogen (secondary N) is 1. The zero-order valence-electron chi connectivity index (χ0n) is 30.9. The Bertz CT molecular complexity index is 2010. The van der Waals surface area contributed by atoms with Crippen molar-refractivity contribution >= 4 is 11.9 Å². The number of esters is 1. The van der Waals surface area contributed by atoms with Crippen LogP contribution in [0.5, 0.6) is 0 Å². The third-order valence-corrected chi connectivity index (χ3v) is 9.89. The lowest BCUT2D eigenvalue weighted by Gasteiger charge is -2.43. The molecule has 0 radical (unpaired) electrons. The quantitative estimate of drug-likeness (QED) is 0.0730. The molecule has 2 heterocycles. The second kappa shape index (κ2) is 16.6. The molecule has 2 N–H and O–H groups in total. The zero-order chi connectivity index (χ0) is 39.6. The number of ether oxygens (including phenoxy) is 3. The molecule has 55 heavy (non-hydrogen) atoms. The first-order chi connectivity index (χ1) is 26.1. The number of carbonyl (C=O) groups excluding carboxylic acids is 2. The Morgan fingerprint density at radius 3 is 2.13 bits per heavy atom. The minimum absolute atomic E-state index is 0.0948. The van der Waals surface area contributed by atoms with Crippen LogP contribution in [0.3, 0.4) is 0 Å². The zero-order valence-corrected chi connectivity index (χ0v) is 30.9. The molecule has 0 spiro atoms. The lowest BCUT2D eigenvalue weighted by Crippen LogP contribution is -2.48. The third kappa shape index (κ3) is 8.91. The van der Waals surface area contributed by atoms with Gasteiger partial charge >= 0.3 is 5.97 Å². The van der Waals surface area contributed by atoms with Gasteiger partial charge < -0.3 is 24.6 Å². The summed E-state index contributed by atoms with van der Waals surface area (Å²) in [6.07, 6.45) is -0.0250. The van der Waals surface area contributed by atoms with Crippen LogP contribution in [0.4, 0.5) is 22.0 Å². The number of nitrogens with zero attached hydrogens (tertiary/aromatic N) is 1. The van der Waals surface area contributed by atoms with E-state index in [2.05, 4.69) is 17.1 Å². The molecule has 0 bridgehead atoms. The number of hydrogen-bond acceptors (Lipinski definition) is 7. The standard InChI is InChI=1S/C42H43F5N2O6/c1-23-31(21-49-17-7-12-30(49)40(52)55-42(2,3)4)53-41(54-38(23)26-15-13-24(22-50)14-16-26)29-11-6-10-28(19-29)27-9-5-8-25(18-27)20-48-39(51)32-33(43)35(45)37(47)36(46)34(32)44/h5-6,8-11,13-16,18-19,23,30-31,38,41,50H,7,12,17,20-22H2,1-4H3,(H,48,51)/t23-,30-,31+,38+,41+/m0/s1. The molecule has 8 nitrogen and oxygen atoms in total. The van der Waals surface area contributed by atoms with Crippen LogP contribution in [-0.4, -0.2) is 52.7 Å². The normalized spacial score (nSPS) is 21.7. The maximum Gasteiger partial charge on any atom is 0.323 e. The van der Waals surface area contributed by atoms with Crippen LogP contribution in [0.15, 0.2) is 72.8 Å². The summed E-state index contributed by atoms with van der Waals surface area (Å²) in [6.45, 7) is 8.42. The second-order valence-corrected chi connectivity index (χ2v) is 15.0. The molecule has 2 saturated heterocycles. The summed E-state index contributed by atoms with van der Waals surface area (Å²) in [7, 11) is 0. The number of hydrogen-bond donors (Lipinski definition) is 2. The van der Waals surface area contributed by atoms with Crippen molar-refractivity contribution in [2.75, 3.05) is 13.1 Å². The molecule has 2 aliphatic heterocycles. The number of benzene rings is 4. The van der Waals surface area contributed by atoms with E-state index in [0.717, 1.165) is 23.1 Å². The van der Waals surface area contributed by atoms with Crippen molar-refractivity contribution in [1.82, 2.24) is 10.2 Å². The molecule has 292 valence electrons. The summed E-state index contributed by atoms with van der Waals surface area (Å²) in [5.41, 5.74) is 2.16. The average Bonchev–Trinajstić information content (AvgIpc) is 3.64. The first-order valence-corrected chi connectivity index (χ1v) is 18.1. The van der Waals surface area contributed by atoms with Crippen molar-refractivity contribution in [3.05, 3.63) is 130 Å². The maximum atomic E-state index is 14.2. The first kappa shape index (κ1) is 40.0. The van der Waals surface area contributed by atoms with Crippen LogP contribution in [-0.2, 0) is 32.2 Å². The number of rotatable bonds is 10. The van der Waals surface area contributed by atoms with Crippen molar-refractivity contribution in [2.45, 2.75) is 83.8 Å². The average molecular weight is 767 g/mol. The highest BCUT2D eigenvalue weighted by atomic mass is 19.2. The summed E-state index contributed by atoms with van der Waals surface area (Å²) in [4.78, 5) is 27.9. The van der Waals surface area contributed by atoms with Crippen molar-refractivity contribution in [1.29, 1.82) is 0 Å². The van der Waals surface area contributed by atoms with E-state index in [9.17, 15) is 36.6 Å². The van der Waals surface area contributed by atoms with Crippen molar-refractivity contribution in [2.24, 2.45) is 5.92 Å². The highest BCUT2D eigenvalue weighted by molar-refractivity contribution is 5.94. The number of aliphatic hydroxyl groups is 1. The molecular weight excluding hydrogens is 723 g/mol. The highest BCUT2D eigenvalue weighted by Gasteiger charge is 2.42. The van der Waals surface area contributed by atoms with E-state index in [-0.39, 0.29) is 31.1 Å². The Morgan fingerprint density at radius 1 is 0.836 bits per heavy atom. The smallest absolute Gasteiger partial charge is 0.323 e. The number of amides is 1. The van der Waals surface area contributed by atoms with Gasteiger partial charge in [-0.05, 0) is 80.1 Å². The molecule has 4 aromatic carbocycles. The Labute approximate surface area is 316 Å². The summed E-state index contributed by atoms with van der Waals surface area (Å²) >= 11 is 0. The number of likely N-dealkylation sites (tertiary alicyclic amines) is 1. The van der Waals surface area contributed by atoms with Gasteiger partial charge in [0.1, 0.15) is 17.2 Å². The van der Waals surface area contributed by atoms with E-state index in [1.165, 1.54) is 0 Å². The van der Waals surface area contributed by atoms with E-state index in [1.807, 2.05) is 75.4 Å². The molecule has 0 aliphatic carbocycles. The fourth-order valence-corrected chi connectivity index (χ4v) is 7.04.